The second-order valence-electron chi connectivity index (χ2n) is 4.10. The Hall–Kier alpha value is -1.55. The predicted molar refractivity (Wildman–Crippen MR) is 73.0 cm³/mol. The van der Waals surface area contributed by atoms with Gasteiger partial charge in [0.2, 0.25) is 0 Å². The Morgan fingerprint density at radius 1 is 1.32 bits per heavy atom. The Bertz CT molecular complexity index is 569. The van der Waals surface area contributed by atoms with Crippen molar-refractivity contribution < 1.29 is 9.13 Å². The Kier molecular flexibility index (Phi) is 4.43. The van der Waals surface area contributed by atoms with Crippen molar-refractivity contribution in [2.45, 2.75) is 33.4 Å². The topological polar surface area (TPSA) is 27.1 Å². The highest BCUT2D eigenvalue weighted by Gasteiger charge is 2.15. The van der Waals surface area contributed by atoms with E-state index in [9.17, 15) is 4.39 Å². The van der Waals surface area contributed by atoms with Crippen LogP contribution in [0.3, 0.4) is 0 Å². The number of para-hydroxylation sites is 1. The fourth-order valence-corrected chi connectivity index (χ4v) is 2.19. The lowest BCUT2D eigenvalue weighted by atomic mass is 10.3. The Balaban J connectivity index is 2.20. The molecule has 0 atom stereocenters. The quantitative estimate of drug-likeness (QED) is 0.833. The minimum absolute atomic E-state index is 0.209. The van der Waals surface area contributed by atoms with Gasteiger partial charge in [-0.05, 0) is 25.5 Å². The summed E-state index contributed by atoms with van der Waals surface area (Å²) in [5.74, 6) is -0.155. The number of hydrogen-bond donors (Lipinski definition) is 0. The van der Waals surface area contributed by atoms with Crippen LogP contribution >= 0.6 is 11.6 Å². The number of aryl methyl sites for hydroxylation is 2. The molecule has 1 aromatic heterocycles. The molecule has 0 fully saturated rings. The molecule has 0 aliphatic rings. The van der Waals surface area contributed by atoms with Gasteiger partial charge < -0.3 is 4.74 Å². The lowest BCUT2D eigenvalue weighted by Gasteiger charge is -2.08. The van der Waals surface area contributed by atoms with Gasteiger partial charge in [-0.1, -0.05) is 30.7 Å². The molecule has 1 aromatic carbocycles. The van der Waals surface area contributed by atoms with Gasteiger partial charge in [0.05, 0.1) is 16.4 Å². The van der Waals surface area contributed by atoms with Crippen molar-refractivity contribution in [1.29, 1.82) is 0 Å². The van der Waals surface area contributed by atoms with Crippen LogP contribution in [-0.2, 0) is 19.6 Å². The number of rotatable bonds is 5. The highest BCUT2D eigenvalue weighted by atomic mass is 35.5. The van der Waals surface area contributed by atoms with Crippen molar-refractivity contribution in [2.24, 2.45) is 0 Å². The zero-order valence-corrected chi connectivity index (χ0v) is 11.7. The van der Waals surface area contributed by atoms with Crippen LogP contribution in [0.5, 0.6) is 5.75 Å². The molecule has 1 heterocycles. The molecule has 19 heavy (non-hydrogen) atoms. The summed E-state index contributed by atoms with van der Waals surface area (Å²) in [7, 11) is 0. The number of benzene rings is 1. The highest BCUT2D eigenvalue weighted by Crippen LogP contribution is 2.24. The summed E-state index contributed by atoms with van der Waals surface area (Å²) in [6.45, 7) is 4.89. The van der Waals surface area contributed by atoms with Crippen LogP contribution in [0.2, 0.25) is 5.02 Å². The summed E-state index contributed by atoms with van der Waals surface area (Å²) in [4.78, 5) is 0. The number of halogens is 2. The first-order chi connectivity index (χ1) is 9.17. The van der Waals surface area contributed by atoms with E-state index in [0.29, 0.717) is 11.6 Å². The van der Waals surface area contributed by atoms with E-state index < -0.39 is 0 Å². The zero-order valence-electron chi connectivity index (χ0n) is 11.0. The van der Waals surface area contributed by atoms with Gasteiger partial charge in [-0.2, -0.15) is 5.10 Å². The van der Waals surface area contributed by atoms with E-state index in [4.69, 9.17) is 16.3 Å². The molecule has 2 aromatic rings. The normalized spacial score (nSPS) is 10.7. The van der Waals surface area contributed by atoms with Gasteiger partial charge in [-0.3, -0.25) is 4.68 Å². The Morgan fingerprint density at radius 2 is 2.05 bits per heavy atom. The molecule has 102 valence electrons. The lowest BCUT2D eigenvalue weighted by molar-refractivity contribution is 0.278. The van der Waals surface area contributed by atoms with Crippen molar-refractivity contribution in [2.75, 3.05) is 0 Å². The standard InChI is InChI=1S/C14H16ClFN2O/c1-3-11-14(15)12(18(4-2)17-11)9-19-13-8-6-5-7-10(13)16/h5-8H,3-4,9H2,1-2H3. The molecule has 0 spiro atoms. The van der Waals surface area contributed by atoms with Gasteiger partial charge in [0.25, 0.3) is 0 Å². The van der Waals surface area contributed by atoms with Gasteiger partial charge in [0.1, 0.15) is 6.61 Å². The van der Waals surface area contributed by atoms with E-state index in [1.54, 1.807) is 22.9 Å². The number of hydrogen-bond acceptors (Lipinski definition) is 2. The summed E-state index contributed by atoms with van der Waals surface area (Å²) < 4.78 is 20.7. The molecule has 0 saturated carbocycles. The first-order valence-corrected chi connectivity index (χ1v) is 6.66. The highest BCUT2D eigenvalue weighted by molar-refractivity contribution is 6.31. The third kappa shape index (κ3) is 2.89. The van der Waals surface area contributed by atoms with Gasteiger partial charge in [0, 0.05) is 6.54 Å². The molecular formula is C14H16ClFN2O. The molecular weight excluding hydrogens is 267 g/mol. The third-order valence-electron chi connectivity index (χ3n) is 2.90. The lowest BCUT2D eigenvalue weighted by Crippen LogP contribution is -2.07. The number of aromatic nitrogens is 2. The van der Waals surface area contributed by atoms with Gasteiger partial charge >= 0.3 is 0 Å². The first kappa shape index (κ1) is 13.9. The fourth-order valence-electron chi connectivity index (χ4n) is 1.86. The summed E-state index contributed by atoms with van der Waals surface area (Å²) in [6, 6.07) is 6.32. The van der Waals surface area contributed by atoms with Crippen LogP contribution in [0.4, 0.5) is 4.39 Å². The van der Waals surface area contributed by atoms with Crippen LogP contribution in [0.25, 0.3) is 0 Å². The Morgan fingerprint density at radius 3 is 2.68 bits per heavy atom. The molecule has 5 heteroatoms. The fraction of sp³-hybridized carbons (Fsp3) is 0.357. The van der Waals surface area contributed by atoms with E-state index in [1.165, 1.54) is 6.07 Å². The van der Waals surface area contributed by atoms with Crippen LogP contribution in [0.15, 0.2) is 24.3 Å². The molecule has 2 rings (SSSR count). The number of nitrogens with zero attached hydrogens (tertiary/aromatic N) is 2. The van der Waals surface area contributed by atoms with Crippen LogP contribution in [0.1, 0.15) is 25.2 Å². The molecule has 0 aliphatic heterocycles. The predicted octanol–water partition coefficient (Wildman–Crippen LogP) is 3.84. The van der Waals surface area contributed by atoms with E-state index in [1.807, 2.05) is 13.8 Å². The minimum Gasteiger partial charge on any atom is -0.484 e. The van der Waals surface area contributed by atoms with Gasteiger partial charge in [-0.15, -0.1) is 0 Å². The van der Waals surface area contributed by atoms with E-state index >= 15 is 0 Å². The monoisotopic (exact) mass is 282 g/mol. The smallest absolute Gasteiger partial charge is 0.165 e. The molecule has 0 amide bonds. The van der Waals surface area contributed by atoms with E-state index in [0.717, 1.165) is 17.8 Å². The second kappa shape index (κ2) is 6.06. The van der Waals surface area contributed by atoms with Crippen molar-refractivity contribution in [3.05, 3.63) is 46.5 Å². The second-order valence-corrected chi connectivity index (χ2v) is 4.47. The summed E-state index contributed by atoms with van der Waals surface area (Å²) in [6.07, 6.45) is 0.762. The minimum atomic E-state index is -0.378. The molecule has 0 saturated heterocycles. The molecule has 0 aliphatic carbocycles. The summed E-state index contributed by atoms with van der Waals surface area (Å²) in [5.41, 5.74) is 1.62. The first-order valence-electron chi connectivity index (χ1n) is 6.28. The van der Waals surface area contributed by atoms with Crippen LogP contribution in [-0.4, -0.2) is 9.78 Å². The SMILES string of the molecule is CCc1nn(CC)c(COc2ccccc2F)c1Cl. The van der Waals surface area contributed by atoms with E-state index in [-0.39, 0.29) is 18.2 Å². The maximum atomic E-state index is 13.5. The largest absolute Gasteiger partial charge is 0.484 e. The summed E-state index contributed by atoms with van der Waals surface area (Å²) >= 11 is 6.26. The maximum Gasteiger partial charge on any atom is 0.165 e. The molecule has 3 nitrogen and oxygen atoms in total. The van der Waals surface area contributed by atoms with Crippen LogP contribution < -0.4 is 4.74 Å². The van der Waals surface area contributed by atoms with Crippen molar-refractivity contribution in [3.8, 4) is 5.75 Å². The molecule has 0 radical (unpaired) electrons. The van der Waals surface area contributed by atoms with Crippen LogP contribution in [0, 0.1) is 5.82 Å². The van der Waals surface area contributed by atoms with Crippen molar-refractivity contribution in [1.82, 2.24) is 9.78 Å². The Labute approximate surface area is 117 Å². The molecule has 0 bridgehead atoms. The van der Waals surface area contributed by atoms with Crippen molar-refractivity contribution in [3.63, 3.8) is 0 Å². The maximum absolute atomic E-state index is 13.5. The number of ether oxygens (including phenoxy) is 1. The van der Waals surface area contributed by atoms with E-state index in [2.05, 4.69) is 5.10 Å². The summed E-state index contributed by atoms with van der Waals surface area (Å²) in [5, 5.41) is 5.00. The molecule has 0 N–H and O–H groups in total. The van der Waals surface area contributed by atoms with Crippen molar-refractivity contribution >= 4 is 11.6 Å². The molecule has 0 unspecified atom stereocenters. The van der Waals surface area contributed by atoms with Gasteiger partial charge in [0.15, 0.2) is 11.6 Å². The average Bonchev–Trinajstić information content (AvgIpc) is 2.74. The zero-order chi connectivity index (χ0) is 13.8. The van der Waals surface area contributed by atoms with Gasteiger partial charge in [-0.25, -0.2) is 4.39 Å². The average molecular weight is 283 g/mol. The third-order valence-corrected chi connectivity index (χ3v) is 3.33.